The van der Waals surface area contributed by atoms with E-state index in [4.69, 9.17) is 15.9 Å². The number of nitrogens with one attached hydrogen (secondary N) is 2. The summed E-state index contributed by atoms with van der Waals surface area (Å²) in [5, 5.41) is 24.5. The Labute approximate surface area is 200 Å². The number of benzene rings is 1. The van der Waals surface area contributed by atoms with E-state index in [-0.39, 0.29) is 25.7 Å². The molecule has 0 aliphatic rings. The van der Waals surface area contributed by atoms with Gasteiger partial charge in [-0.15, -0.1) is 11.3 Å². The normalized spacial score (nSPS) is 12.4. The fraction of sp³-hybridized carbons (Fsp3) is 0.348. The van der Waals surface area contributed by atoms with E-state index in [1.165, 1.54) is 0 Å². The molecule has 0 fully saturated rings. The topological polar surface area (TPSA) is 176 Å². The highest BCUT2D eigenvalue weighted by Crippen LogP contribution is 2.24. The molecular weight excluding hydrogens is 462 g/mol. The summed E-state index contributed by atoms with van der Waals surface area (Å²) in [7, 11) is 0. The maximum atomic E-state index is 12.6. The van der Waals surface area contributed by atoms with E-state index in [0.717, 1.165) is 16.0 Å². The van der Waals surface area contributed by atoms with Crippen LogP contribution in [0, 0.1) is 0 Å². The van der Waals surface area contributed by atoms with Gasteiger partial charge in [0.15, 0.2) is 0 Å². The predicted molar refractivity (Wildman–Crippen MR) is 125 cm³/mol. The van der Waals surface area contributed by atoms with Crippen LogP contribution < -0.4 is 16.4 Å². The maximum absolute atomic E-state index is 12.6. The monoisotopic (exact) mass is 489 g/mol. The van der Waals surface area contributed by atoms with Gasteiger partial charge in [0.1, 0.15) is 12.1 Å². The molecule has 10 nitrogen and oxygen atoms in total. The van der Waals surface area contributed by atoms with Gasteiger partial charge < -0.3 is 26.6 Å². The van der Waals surface area contributed by atoms with Crippen LogP contribution in [-0.2, 0) is 30.4 Å². The molecule has 0 saturated heterocycles. The minimum absolute atomic E-state index is 0.0630. The van der Waals surface area contributed by atoms with Gasteiger partial charge in [0, 0.05) is 24.1 Å². The Morgan fingerprint density at radius 2 is 1.47 bits per heavy atom. The van der Waals surface area contributed by atoms with Crippen molar-refractivity contribution in [3.8, 4) is 10.4 Å². The summed E-state index contributed by atoms with van der Waals surface area (Å²) >= 11 is 1.62. The predicted octanol–water partition coefficient (Wildman–Crippen LogP) is 1.53. The van der Waals surface area contributed by atoms with Crippen molar-refractivity contribution in [3.05, 3.63) is 47.3 Å². The summed E-state index contributed by atoms with van der Waals surface area (Å²) in [6, 6.07) is 9.26. The average molecular weight is 490 g/mol. The molecule has 0 radical (unpaired) electrons. The summed E-state index contributed by atoms with van der Waals surface area (Å²) in [5.41, 5.74) is 7.21. The Bertz CT molecular complexity index is 1010. The van der Waals surface area contributed by atoms with Gasteiger partial charge in [-0.3, -0.25) is 24.0 Å². The van der Waals surface area contributed by atoms with Crippen molar-refractivity contribution in [2.45, 2.75) is 50.6 Å². The van der Waals surface area contributed by atoms with E-state index in [2.05, 4.69) is 10.6 Å². The summed E-state index contributed by atoms with van der Waals surface area (Å²) in [5.74, 6) is -4.52. The van der Waals surface area contributed by atoms with Crippen LogP contribution in [-0.4, -0.2) is 52.0 Å². The summed E-state index contributed by atoms with van der Waals surface area (Å²) in [4.78, 5) is 59.5. The quantitative estimate of drug-likeness (QED) is 0.267. The van der Waals surface area contributed by atoms with Crippen LogP contribution in [0.15, 0.2) is 41.8 Å². The molecule has 34 heavy (non-hydrogen) atoms. The van der Waals surface area contributed by atoms with E-state index in [0.29, 0.717) is 6.42 Å². The number of rotatable bonds is 14. The van der Waals surface area contributed by atoms with Crippen LogP contribution in [0.1, 0.15) is 37.7 Å². The first kappa shape index (κ1) is 26.5. The number of hydrogen-bond donors (Lipinski definition) is 5. The second-order valence-electron chi connectivity index (χ2n) is 7.62. The molecule has 0 aliphatic heterocycles. The maximum Gasteiger partial charge on any atom is 0.303 e. The molecule has 2 aromatic rings. The minimum atomic E-state index is -1.25. The molecule has 1 unspecified atom stereocenters. The van der Waals surface area contributed by atoms with Crippen LogP contribution in [0.2, 0.25) is 0 Å². The minimum Gasteiger partial charge on any atom is -0.481 e. The molecule has 11 heteroatoms. The van der Waals surface area contributed by atoms with Gasteiger partial charge in [0.05, 0.1) is 0 Å². The molecule has 182 valence electrons. The number of carboxylic acids is 2. The zero-order valence-corrected chi connectivity index (χ0v) is 19.2. The number of thiophene rings is 1. The zero-order valence-electron chi connectivity index (χ0n) is 18.4. The molecule has 2 atom stereocenters. The molecule has 0 aliphatic carbocycles. The van der Waals surface area contributed by atoms with Crippen LogP contribution in [0.5, 0.6) is 0 Å². The Balaban J connectivity index is 1.95. The second kappa shape index (κ2) is 13.1. The van der Waals surface area contributed by atoms with E-state index in [1.54, 1.807) is 11.3 Å². The number of amides is 3. The summed E-state index contributed by atoms with van der Waals surface area (Å²) < 4.78 is 0. The standard InChI is InChI=1S/C23H27N3O7S/c24-22(32)16(8-11-20(28)29)26-23(33)17(9-12-21(30)31)25-19(27)10-5-14-3-6-15(7-4-14)18-2-1-13-34-18/h1-4,6-7,13,16-17H,5,8-12H2,(H2,24,32)(H,25,27)(H,26,33)(H,28,29)(H,30,31)/t16-,17?/m0/s1. The van der Waals surface area contributed by atoms with Gasteiger partial charge in [-0.1, -0.05) is 30.3 Å². The SMILES string of the molecule is NC(=O)[C@H](CCC(=O)O)NC(=O)C(CCC(=O)O)NC(=O)CCc1ccc(-c2cccs2)cc1. The molecule has 0 spiro atoms. The highest BCUT2D eigenvalue weighted by Gasteiger charge is 2.26. The first-order chi connectivity index (χ1) is 16.2. The highest BCUT2D eigenvalue weighted by atomic mass is 32.1. The van der Waals surface area contributed by atoms with Crippen molar-refractivity contribution in [2.24, 2.45) is 5.73 Å². The number of carboxylic acid groups (broad SMARTS) is 2. The fourth-order valence-electron chi connectivity index (χ4n) is 3.17. The molecular formula is C23H27N3O7S. The first-order valence-corrected chi connectivity index (χ1v) is 11.5. The second-order valence-corrected chi connectivity index (χ2v) is 8.57. The molecule has 2 rings (SSSR count). The van der Waals surface area contributed by atoms with Gasteiger partial charge in [-0.2, -0.15) is 0 Å². The molecule has 1 aromatic carbocycles. The van der Waals surface area contributed by atoms with Crippen LogP contribution in [0.25, 0.3) is 10.4 Å². The number of aliphatic carboxylic acids is 2. The number of hydrogen-bond acceptors (Lipinski definition) is 6. The Hall–Kier alpha value is -3.73. The number of primary amides is 1. The molecule has 1 aromatic heterocycles. The third-order valence-corrected chi connectivity index (χ3v) is 5.92. The number of nitrogens with two attached hydrogens (primary N) is 1. The highest BCUT2D eigenvalue weighted by molar-refractivity contribution is 7.13. The van der Waals surface area contributed by atoms with Gasteiger partial charge >= 0.3 is 11.9 Å². The number of carbonyl (C=O) groups excluding carboxylic acids is 3. The van der Waals surface area contributed by atoms with Crippen LogP contribution >= 0.6 is 11.3 Å². The third kappa shape index (κ3) is 9.02. The van der Waals surface area contributed by atoms with Crippen molar-refractivity contribution >= 4 is 41.0 Å². The summed E-state index contributed by atoms with van der Waals surface area (Å²) in [6.45, 7) is 0. The van der Waals surface area contributed by atoms with Crippen molar-refractivity contribution in [1.82, 2.24) is 10.6 Å². The average Bonchev–Trinajstić information content (AvgIpc) is 3.32. The smallest absolute Gasteiger partial charge is 0.303 e. The lowest BCUT2D eigenvalue weighted by Crippen LogP contribution is -2.53. The van der Waals surface area contributed by atoms with Crippen molar-refractivity contribution in [3.63, 3.8) is 0 Å². The lowest BCUT2D eigenvalue weighted by atomic mass is 10.1. The first-order valence-electron chi connectivity index (χ1n) is 10.6. The van der Waals surface area contributed by atoms with E-state index < -0.39 is 48.2 Å². The van der Waals surface area contributed by atoms with Crippen LogP contribution in [0.4, 0.5) is 0 Å². The van der Waals surface area contributed by atoms with E-state index >= 15 is 0 Å². The molecule has 3 amide bonds. The van der Waals surface area contributed by atoms with Gasteiger partial charge in [-0.05, 0) is 41.8 Å². The number of aryl methyl sites for hydroxylation is 1. The van der Waals surface area contributed by atoms with Crippen molar-refractivity contribution < 1.29 is 34.2 Å². The lowest BCUT2D eigenvalue weighted by Gasteiger charge is -2.21. The zero-order chi connectivity index (χ0) is 25.1. The Morgan fingerprint density at radius 3 is 2.00 bits per heavy atom. The largest absolute Gasteiger partial charge is 0.481 e. The summed E-state index contributed by atoms with van der Waals surface area (Å²) in [6.07, 6.45) is -0.742. The fourth-order valence-corrected chi connectivity index (χ4v) is 3.90. The van der Waals surface area contributed by atoms with E-state index in [1.807, 2.05) is 41.8 Å². The molecule has 0 bridgehead atoms. The Kier molecular flexibility index (Phi) is 10.2. The molecule has 6 N–H and O–H groups in total. The van der Waals surface area contributed by atoms with Gasteiger partial charge in [0.25, 0.3) is 0 Å². The van der Waals surface area contributed by atoms with Crippen molar-refractivity contribution in [2.75, 3.05) is 0 Å². The van der Waals surface area contributed by atoms with Crippen LogP contribution in [0.3, 0.4) is 0 Å². The Morgan fingerprint density at radius 1 is 0.853 bits per heavy atom. The van der Waals surface area contributed by atoms with Gasteiger partial charge in [0.2, 0.25) is 17.7 Å². The number of carbonyl (C=O) groups is 5. The van der Waals surface area contributed by atoms with Gasteiger partial charge in [-0.25, -0.2) is 0 Å². The third-order valence-electron chi connectivity index (χ3n) is 5.01. The molecule has 0 saturated carbocycles. The van der Waals surface area contributed by atoms with E-state index in [9.17, 15) is 24.0 Å². The molecule has 1 heterocycles. The van der Waals surface area contributed by atoms with Crippen molar-refractivity contribution in [1.29, 1.82) is 0 Å². The lowest BCUT2D eigenvalue weighted by molar-refractivity contribution is -0.139.